The molecule has 0 aliphatic carbocycles. The lowest BCUT2D eigenvalue weighted by molar-refractivity contribution is -0.135. The number of nitrogens with one attached hydrogen (secondary N) is 1. The van der Waals surface area contributed by atoms with Crippen LogP contribution in [0.4, 0.5) is 4.79 Å². The van der Waals surface area contributed by atoms with Crippen LogP contribution in [0, 0.1) is 5.92 Å². The zero-order valence-corrected chi connectivity index (χ0v) is 14.6. The van der Waals surface area contributed by atoms with Gasteiger partial charge in [0.2, 0.25) is 5.91 Å². The second kappa shape index (κ2) is 6.72. The highest BCUT2D eigenvalue weighted by atomic mass is 16.5. The van der Waals surface area contributed by atoms with E-state index in [4.69, 9.17) is 4.74 Å². The Hall–Kier alpha value is -2.41. The molecular weight excluding hydrogens is 334 g/mol. The zero-order valence-electron chi connectivity index (χ0n) is 14.6. The molecule has 4 rings (SSSR count). The monoisotopic (exact) mass is 357 g/mol. The predicted molar refractivity (Wildman–Crippen MR) is 93.0 cm³/mol. The number of likely N-dealkylation sites (tertiary alicyclic amines) is 1. The highest BCUT2D eigenvalue weighted by Gasteiger charge is 2.52. The summed E-state index contributed by atoms with van der Waals surface area (Å²) in [6.45, 7) is 2.39. The van der Waals surface area contributed by atoms with Crippen LogP contribution in [-0.4, -0.2) is 59.5 Å². The van der Waals surface area contributed by atoms with E-state index in [1.54, 1.807) is 0 Å². The van der Waals surface area contributed by atoms with Crippen LogP contribution in [-0.2, 0) is 20.9 Å². The number of hydrogen-bond acceptors (Lipinski definition) is 4. The molecule has 26 heavy (non-hydrogen) atoms. The summed E-state index contributed by atoms with van der Waals surface area (Å²) in [4.78, 5) is 40.6. The third kappa shape index (κ3) is 3.07. The van der Waals surface area contributed by atoms with Gasteiger partial charge < -0.3 is 15.0 Å². The summed E-state index contributed by atoms with van der Waals surface area (Å²) in [5.41, 5.74) is 0.277. The summed E-state index contributed by atoms with van der Waals surface area (Å²) in [5, 5.41) is 2.86. The van der Waals surface area contributed by atoms with Crippen LogP contribution in [0.15, 0.2) is 30.3 Å². The number of imide groups is 1. The highest BCUT2D eigenvalue weighted by Crippen LogP contribution is 2.30. The van der Waals surface area contributed by atoms with Gasteiger partial charge in [0.15, 0.2) is 0 Å². The van der Waals surface area contributed by atoms with Gasteiger partial charge in [0.25, 0.3) is 5.91 Å². The number of carbonyl (C=O) groups excluding carboxylic acids is 3. The molecule has 1 aromatic rings. The van der Waals surface area contributed by atoms with Crippen LogP contribution in [0.1, 0.15) is 24.8 Å². The van der Waals surface area contributed by atoms with E-state index >= 15 is 0 Å². The third-order valence-corrected chi connectivity index (χ3v) is 5.54. The van der Waals surface area contributed by atoms with E-state index in [2.05, 4.69) is 5.32 Å². The van der Waals surface area contributed by atoms with Gasteiger partial charge in [0.05, 0.1) is 0 Å². The van der Waals surface area contributed by atoms with Gasteiger partial charge >= 0.3 is 6.03 Å². The lowest BCUT2D eigenvalue weighted by atomic mass is 9.90. The maximum atomic E-state index is 12.8. The number of amides is 4. The molecule has 138 valence electrons. The van der Waals surface area contributed by atoms with E-state index in [0.29, 0.717) is 52.1 Å². The molecule has 1 aromatic carbocycles. The maximum absolute atomic E-state index is 12.8. The van der Waals surface area contributed by atoms with Crippen LogP contribution in [0.25, 0.3) is 0 Å². The molecule has 3 fully saturated rings. The molecule has 1 atom stereocenters. The minimum Gasteiger partial charge on any atom is -0.381 e. The van der Waals surface area contributed by atoms with E-state index < -0.39 is 5.54 Å². The SMILES string of the molecule is O=C1CC(CN2C(=O)NC3(CCOCC3)C2=O)CN1Cc1ccccc1. The molecule has 3 aliphatic rings. The summed E-state index contributed by atoms with van der Waals surface area (Å²) in [7, 11) is 0. The van der Waals surface area contributed by atoms with Crippen molar-refractivity contribution in [3.05, 3.63) is 35.9 Å². The Morgan fingerprint density at radius 1 is 1.12 bits per heavy atom. The Balaban J connectivity index is 1.39. The Morgan fingerprint density at radius 2 is 1.85 bits per heavy atom. The smallest absolute Gasteiger partial charge is 0.325 e. The molecule has 4 amide bonds. The van der Waals surface area contributed by atoms with Gasteiger partial charge in [-0.15, -0.1) is 0 Å². The van der Waals surface area contributed by atoms with Crippen molar-refractivity contribution in [3.8, 4) is 0 Å². The zero-order chi connectivity index (χ0) is 18.1. The Bertz CT molecular complexity index is 715. The van der Waals surface area contributed by atoms with Crippen molar-refractivity contribution in [2.45, 2.75) is 31.3 Å². The van der Waals surface area contributed by atoms with Crippen LogP contribution in [0.3, 0.4) is 0 Å². The molecule has 0 saturated carbocycles. The van der Waals surface area contributed by atoms with Gasteiger partial charge in [-0.2, -0.15) is 0 Å². The number of ether oxygens (including phenoxy) is 1. The lowest BCUT2D eigenvalue weighted by Gasteiger charge is -2.30. The number of carbonyl (C=O) groups is 3. The fourth-order valence-electron chi connectivity index (χ4n) is 4.09. The molecule has 1 spiro atoms. The van der Waals surface area contributed by atoms with E-state index in [0.717, 1.165) is 5.56 Å². The molecule has 1 N–H and O–H groups in total. The first kappa shape index (κ1) is 17.0. The standard InChI is InChI=1S/C19H23N3O4/c23-16-10-15(12-21(16)11-14-4-2-1-3-5-14)13-22-17(24)19(20-18(22)25)6-8-26-9-7-19/h1-5,15H,6-13H2,(H,20,25). The van der Waals surface area contributed by atoms with Crippen molar-refractivity contribution in [2.24, 2.45) is 5.92 Å². The molecule has 7 nitrogen and oxygen atoms in total. The van der Waals surface area contributed by atoms with Crippen molar-refractivity contribution in [3.63, 3.8) is 0 Å². The van der Waals surface area contributed by atoms with Gasteiger partial charge in [-0.3, -0.25) is 14.5 Å². The van der Waals surface area contributed by atoms with Gasteiger partial charge in [0, 0.05) is 58.0 Å². The fraction of sp³-hybridized carbons (Fsp3) is 0.526. The number of benzene rings is 1. The minimum atomic E-state index is -0.804. The van der Waals surface area contributed by atoms with Crippen LogP contribution in [0.5, 0.6) is 0 Å². The van der Waals surface area contributed by atoms with E-state index in [-0.39, 0.29) is 23.8 Å². The number of hydrogen-bond donors (Lipinski definition) is 1. The second-order valence-electron chi connectivity index (χ2n) is 7.37. The van der Waals surface area contributed by atoms with Gasteiger partial charge in [-0.05, 0) is 5.56 Å². The molecule has 7 heteroatoms. The van der Waals surface area contributed by atoms with Crippen molar-refractivity contribution in [2.75, 3.05) is 26.3 Å². The first-order valence-electron chi connectivity index (χ1n) is 9.11. The van der Waals surface area contributed by atoms with Crippen molar-refractivity contribution < 1.29 is 19.1 Å². The second-order valence-corrected chi connectivity index (χ2v) is 7.37. The number of nitrogens with zero attached hydrogens (tertiary/aromatic N) is 2. The molecule has 0 radical (unpaired) electrons. The van der Waals surface area contributed by atoms with Crippen LogP contribution < -0.4 is 5.32 Å². The van der Waals surface area contributed by atoms with Gasteiger partial charge in [-0.25, -0.2) is 4.79 Å². The average Bonchev–Trinajstić information content (AvgIpc) is 3.09. The molecule has 3 heterocycles. The molecule has 3 saturated heterocycles. The van der Waals surface area contributed by atoms with Crippen molar-refractivity contribution in [1.82, 2.24) is 15.1 Å². The van der Waals surface area contributed by atoms with Crippen molar-refractivity contribution >= 4 is 17.8 Å². The Morgan fingerprint density at radius 3 is 2.58 bits per heavy atom. The molecule has 0 aromatic heterocycles. The summed E-state index contributed by atoms with van der Waals surface area (Å²) in [5.74, 6) is -0.109. The third-order valence-electron chi connectivity index (χ3n) is 5.54. The summed E-state index contributed by atoms with van der Waals surface area (Å²) >= 11 is 0. The molecule has 0 bridgehead atoms. The normalized spacial score (nSPS) is 25.2. The average molecular weight is 357 g/mol. The first-order valence-corrected chi connectivity index (χ1v) is 9.11. The topological polar surface area (TPSA) is 79.0 Å². The highest BCUT2D eigenvalue weighted by molar-refractivity contribution is 6.07. The first-order chi connectivity index (χ1) is 12.6. The fourth-order valence-corrected chi connectivity index (χ4v) is 4.09. The Kier molecular flexibility index (Phi) is 4.40. The molecule has 1 unspecified atom stereocenters. The summed E-state index contributed by atoms with van der Waals surface area (Å²) < 4.78 is 5.32. The maximum Gasteiger partial charge on any atom is 0.325 e. The lowest BCUT2D eigenvalue weighted by Crippen LogP contribution is -2.51. The van der Waals surface area contributed by atoms with Crippen LogP contribution in [0.2, 0.25) is 0 Å². The van der Waals surface area contributed by atoms with Gasteiger partial charge in [0.1, 0.15) is 5.54 Å². The number of rotatable bonds is 4. The Labute approximate surface area is 152 Å². The quantitative estimate of drug-likeness (QED) is 0.820. The van der Waals surface area contributed by atoms with Crippen LogP contribution >= 0.6 is 0 Å². The summed E-state index contributed by atoms with van der Waals surface area (Å²) in [6, 6.07) is 9.50. The van der Waals surface area contributed by atoms with Crippen molar-refractivity contribution in [1.29, 1.82) is 0 Å². The van der Waals surface area contributed by atoms with Gasteiger partial charge in [-0.1, -0.05) is 30.3 Å². The molecule has 3 aliphatic heterocycles. The van der Waals surface area contributed by atoms with E-state index in [1.807, 2.05) is 35.2 Å². The largest absolute Gasteiger partial charge is 0.381 e. The van der Waals surface area contributed by atoms with E-state index in [9.17, 15) is 14.4 Å². The minimum absolute atomic E-state index is 0.0177. The molecular formula is C19H23N3O4. The summed E-state index contributed by atoms with van der Waals surface area (Å²) in [6.07, 6.45) is 1.40. The number of urea groups is 1. The predicted octanol–water partition coefficient (Wildman–Crippen LogP) is 1.14. The van der Waals surface area contributed by atoms with E-state index in [1.165, 1.54) is 4.90 Å².